The number of rotatable bonds is 4. The maximum absolute atomic E-state index is 11.0. The van der Waals surface area contributed by atoms with Crippen LogP contribution in [0.5, 0.6) is 0 Å². The van der Waals surface area contributed by atoms with E-state index in [1.165, 1.54) is 6.92 Å². The molecule has 0 bridgehead atoms. The fraction of sp³-hybridized carbons (Fsp3) is 0.364. The third kappa shape index (κ3) is 3.06. The number of carbonyl (C=O) groups excluding carboxylic acids is 1. The van der Waals surface area contributed by atoms with Crippen molar-refractivity contribution in [1.82, 2.24) is 4.98 Å². The molecule has 0 fully saturated rings. The van der Waals surface area contributed by atoms with E-state index in [1.54, 1.807) is 18.3 Å². The molecule has 0 saturated heterocycles. The highest BCUT2D eigenvalue weighted by atomic mass is 16.1. The van der Waals surface area contributed by atoms with E-state index in [2.05, 4.69) is 11.1 Å². The summed E-state index contributed by atoms with van der Waals surface area (Å²) in [5.41, 5.74) is 0.604. The van der Waals surface area contributed by atoms with Crippen LogP contribution in [-0.2, 0) is 0 Å². The van der Waals surface area contributed by atoms with Crippen LogP contribution < -0.4 is 4.90 Å². The van der Waals surface area contributed by atoms with E-state index in [1.807, 2.05) is 11.9 Å². The second-order valence-corrected chi connectivity index (χ2v) is 3.29. The SMILES string of the molecule is CC(=O)c1ccc(N(C)CCC#N)nc1. The lowest BCUT2D eigenvalue weighted by Gasteiger charge is -2.16. The van der Waals surface area contributed by atoms with Crippen LogP contribution in [0.15, 0.2) is 18.3 Å². The quantitative estimate of drug-likeness (QED) is 0.698. The van der Waals surface area contributed by atoms with Crippen molar-refractivity contribution in [3.05, 3.63) is 23.9 Å². The van der Waals surface area contributed by atoms with Crippen molar-refractivity contribution in [2.75, 3.05) is 18.5 Å². The van der Waals surface area contributed by atoms with Crippen molar-refractivity contribution in [2.24, 2.45) is 0 Å². The van der Waals surface area contributed by atoms with Crippen LogP contribution in [0.3, 0.4) is 0 Å². The molecule has 1 aromatic heterocycles. The average molecular weight is 203 g/mol. The summed E-state index contributed by atoms with van der Waals surface area (Å²) in [5.74, 6) is 0.781. The predicted octanol–water partition coefficient (Wildman–Crippen LogP) is 1.63. The van der Waals surface area contributed by atoms with E-state index in [0.717, 1.165) is 5.82 Å². The summed E-state index contributed by atoms with van der Waals surface area (Å²) in [6.07, 6.45) is 2.02. The number of nitriles is 1. The second kappa shape index (κ2) is 5.11. The molecule has 0 amide bonds. The Balaban J connectivity index is 2.71. The van der Waals surface area contributed by atoms with Gasteiger partial charge in [0.15, 0.2) is 5.78 Å². The first-order valence-corrected chi connectivity index (χ1v) is 4.70. The van der Waals surface area contributed by atoms with Gasteiger partial charge in [-0.15, -0.1) is 0 Å². The average Bonchev–Trinajstić information content (AvgIpc) is 2.26. The summed E-state index contributed by atoms with van der Waals surface area (Å²) in [6, 6.07) is 5.60. The largest absolute Gasteiger partial charge is 0.359 e. The summed E-state index contributed by atoms with van der Waals surface area (Å²) in [7, 11) is 1.87. The Hall–Kier alpha value is -1.89. The number of Topliss-reactive ketones (excluding diaryl/α,β-unsaturated/α-hetero) is 1. The van der Waals surface area contributed by atoms with Crippen LogP contribution >= 0.6 is 0 Å². The van der Waals surface area contributed by atoms with Crippen molar-refractivity contribution < 1.29 is 4.79 Å². The molecule has 78 valence electrons. The molecule has 0 spiro atoms. The second-order valence-electron chi connectivity index (χ2n) is 3.29. The molecule has 0 unspecified atom stereocenters. The number of hydrogen-bond donors (Lipinski definition) is 0. The van der Waals surface area contributed by atoms with Crippen molar-refractivity contribution >= 4 is 11.6 Å². The van der Waals surface area contributed by atoms with Gasteiger partial charge in [-0.25, -0.2) is 4.98 Å². The van der Waals surface area contributed by atoms with Crippen molar-refractivity contribution in [2.45, 2.75) is 13.3 Å². The molecule has 1 aromatic rings. The standard InChI is InChI=1S/C11H13N3O/c1-9(15)10-4-5-11(13-8-10)14(2)7-3-6-12/h4-5,8H,3,7H2,1-2H3. The molecule has 0 atom stereocenters. The molecule has 4 nitrogen and oxygen atoms in total. The molecule has 0 aliphatic rings. The molecule has 1 heterocycles. The van der Waals surface area contributed by atoms with Gasteiger partial charge in [0, 0.05) is 25.4 Å². The normalized spacial score (nSPS) is 9.40. The molecule has 0 saturated carbocycles. The Bertz CT molecular complexity index is 378. The molecule has 0 N–H and O–H groups in total. The zero-order chi connectivity index (χ0) is 11.3. The lowest BCUT2D eigenvalue weighted by molar-refractivity contribution is 0.101. The Kier molecular flexibility index (Phi) is 3.81. The van der Waals surface area contributed by atoms with Gasteiger partial charge in [0.1, 0.15) is 5.82 Å². The lowest BCUT2D eigenvalue weighted by atomic mass is 10.2. The highest BCUT2D eigenvalue weighted by molar-refractivity contribution is 5.93. The number of nitrogens with zero attached hydrogens (tertiary/aromatic N) is 3. The van der Waals surface area contributed by atoms with Crippen LogP contribution in [0, 0.1) is 11.3 Å². The maximum Gasteiger partial charge on any atom is 0.161 e. The minimum absolute atomic E-state index is 0.00808. The Morgan fingerprint density at radius 2 is 2.33 bits per heavy atom. The minimum Gasteiger partial charge on any atom is -0.359 e. The van der Waals surface area contributed by atoms with Gasteiger partial charge < -0.3 is 4.90 Å². The molecular formula is C11H13N3O. The highest BCUT2D eigenvalue weighted by Gasteiger charge is 2.03. The van der Waals surface area contributed by atoms with Gasteiger partial charge >= 0.3 is 0 Å². The predicted molar refractivity (Wildman–Crippen MR) is 57.7 cm³/mol. The first kappa shape index (κ1) is 11.2. The van der Waals surface area contributed by atoms with Crippen LogP contribution in [0.25, 0.3) is 0 Å². The Morgan fingerprint density at radius 3 is 2.80 bits per heavy atom. The molecule has 0 aromatic carbocycles. The molecule has 0 aliphatic heterocycles. The van der Waals surface area contributed by atoms with Crippen LogP contribution in [0.4, 0.5) is 5.82 Å². The third-order valence-electron chi connectivity index (χ3n) is 2.10. The zero-order valence-electron chi connectivity index (χ0n) is 8.90. The van der Waals surface area contributed by atoms with E-state index in [-0.39, 0.29) is 5.78 Å². The molecular weight excluding hydrogens is 190 g/mol. The van der Waals surface area contributed by atoms with Gasteiger partial charge in [-0.3, -0.25) is 4.79 Å². The van der Waals surface area contributed by atoms with E-state index in [9.17, 15) is 4.79 Å². The van der Waals surface area contributed by atoms with Crippen LogP contribution in [0.1, 0.15) is 23.7 Å². The molecule has 0 radical (unpaired) electrons. The monoisotopic (exact) mass is 203 g/mol. The number of anilines is 1. The first-order chi connectivity index (χ1) is 7.15. The number of hydrogen-bond acceptors (Lipinski definition) is 4. The number of pyridine rings is 1. The van der Waals surface area contributed by atoms with Crippen molar-refractivity contribution in [3.63, 3.8) is 0 Å². The summed E-state index contributed by atoms with van der Waals surface area (Å²) in [4.78, 5) is 17.0. The van der Waals surface area contributed by atoms with Gasteiger partial charge in [-0.05, 0) is 19.1 Å². The van der Waals surface area contributed by atoms with Gasteiger partial charge in [0.05, 0.1) is 12.5 Å². The minimum atomic E-state index is 0.00808. The topological polar surface area (TPSA) is 57.0 Å². The van der Waals surface area contributed by atoms with Gasteiger partial charge in [-0.1, -0.05) is 0 Å². The fourth-order valence-corrected chi connectivity index (χ4v) is 1.15. The van der Waals surface area contributed by atoms with E-state index >= 15 is 0 Å². The number of ketones is 1. The first-order valence-electron chi connectivity index (χ1n) is 4.70. The number of carbonyl (C=O) groups is 1. The lowest BCUT2D eigenvalue weighted by Crippen LogP contribution is -2.19. The Morgan fingerprint density at radius 1 is 1.60 bits per heavy atom. The van der Waals surface area contributed by atoms with Crippen LogP contribution in [0.2, 0.25) is 0 Å². The van der Waals surface area contributed by atoms with E-state index in [4.69, 9.17) is 5.26 Å². The molecule has 15 heavy (non-hydrogen) atoms. The summed E-state index contributed by atoms with van der Waals surface area (Å²) >= 11 is 0. The highest BCUT2D eigenvalue weighted by Crippen LogP contribution is 2.09. The number of aromatic nitrogens is 1. The van der Waals surface area contributed by atoms with E-state index < -0.39 is 0 Å². The van der Waals surface area contributed by atoms with Crippen molar-refractivity contribution in [1.29, 1.82) is 5.26 Å². The molecule has 4 heteroatoms. The smallest absolute Gasteiger partial charge is 0.161 e. The zero-order valence-corrected chi connectivity index (χ0v) is 8.90. The van der Waals surface area contributed by atoms with E-state index in [0.29, 0.717) is 18.5 Å². The molecule has 1 rings (SSSR count). The summed E-state index contributed by atoms with van der Waals surface area (Å²) in [5, 5.41) is 8.44. The van der Waals surface area contributed by atoms with Crippen molar-refractivity contribution in [3.8, 4) is 6.07 Å². The molecule has 0 aliphatic carbocycles. The summed E-state index contributed by atoms with van der Waals surface area (Å²) in [6.45, 7) is 2.15. The van der Waals surface area contributed by atoms with Gasteiger partial charge in [-0.2, -0.15) is 5.26 Å². The van der Waals surface area contributed by atoms with Crippen LogP contribution in [-0.4, -0.2) is 24.4 Å². The Labute approximate surface area is 89.2 Å². The third-order valence-corrected chi connectivity index (χ3v) is 2.10. The summed E-state index contributed by atoms with van der Waals surface area (Å²) < 4.78 is 0. The van der Waals surface area contributed by atoms with Gasteiger partial charge in [0.2, 0.25) is 0 Å². The van der Waals surface area contributed by atoms with Gasteiger partial charge in [0.25, 0.3) is 0 Å². The maximum atomic E-state index is 11.0. The fourth-order valence-electron chi connectivity index (χ4n) is 1.15.